The molecule has 0 amide bonds. The topological polar surface area (TPSA) is 14.8 Å². The second-order valence-electron chi connectivity index (χ2n) is 15.0. The highest BCUT2D eigenvalue weighted by Gasteiger charge is 2.20. The molecule has 0 atom stereocenters. The molecule has 0 aliphatic carbocycles. The second-order valence-corrected chi connectivity index (χ2v) is 15.0. The summed E-state index contributed by atoms with van der Waals surface area (Å²) < 4.78 is 7.19. The highest BCUT2D eigenvalue weighted by Crippen LogP contribution is 2.41. The monoisotopic (exact) mass is 741 g/mol. The molecule has 0 radical (unpaired) electrons. The van der Waals surface area contributed by atoms with Crippen LogP contribution in [0.4, 0.5) is 0 Å². The molecule has 0 unspecified atom stereocenters. The van der Waals surface area contributed by atoms with Gasteiger partial charge < -0.3 is 13.7 Å². The summed E-state index contributed by atoms with van der Waals surface area (Å²) in [7, 11) is 0. The molecule has 11 aromatic rings. The van der Waals surface area contributed by atoms with Crippen LogP contribution in [0.3, 0.4) is 0 Å². The first-order chi connectivity index (χ1) is 28.7. The van der Waals surface area contributed by atoms with E-state index in [4.69, 9.17) is 0 Å². The largest absolute Gasteiger partial charge is 0.310 e. The lowest BCUT2D eigenvalue weighted by atomic mass is 9.99. The normalized spacial score (nSPS) is 12.3. The van der Waals surface area contributed by atoms with E-state index >= 15 is 0 Å². The number of hydrogen-bond donors (Lipinski definition) is 0. The molecule has 0 saturated carbocycles. The first-order valence-corrected chi connectivity index (χ1v) is 19.9. The number of aromatic nitrogens is 3. The minimum Gasteiger partial charge on any atom is -0.310 e. The zero-order chi connectivity index (χ0) is 38.7. The number of rotatable bonds is 7. The second kappa shape index (κ2) is 13.5. The smallest absolute Gasteiger partial charge is 0.0562 e. The molecule has 0 spiro atoms. The lowest BCUT2D eigenvalue weighted by Gasteiger charge is -2.12. The van der Waals surface area contributed by atoms with Crippen molar-refractivity contribution in [3.05, 3.63) is 218 Å². The summed E-state index contributed by atoms with van der Waals surface area (Å²) in [5.41, 5.74) is 14.9. The summed E-state index contributed by atoms with van der Waals surface area (Å²) in [5, 5.41) is 7.36. The van der Waals surface area contributed by atoms with Gasteiger partial charge in [0.2, 0.25) is 0 Å². The molecule has 0 aliphatic rings. The van der Waals surface area contributed by atoms with Crippen molar-refractivity contribution in [3.63, 3.8) is 0 Å². The third-order valence-corrected chi connectivity index (χ3v) is 11.7. The number of fused-ring (bicyclic) bond motifs is 9. The van der Waals surface area contributed by atoms with E-state index in [1.807, 2.05) is 0 Å². The fourth-order valence-corrected chi connectivity index (χ4v) is 9.19. The van der Waals surface area contributed by atoms with Gasteiger partial charge in [-0.1, -0.05) is 152 Å². The number of para-hydroxylation sites is 4. The van der Waals surface area contributed by atoms with Crippen molar-refractivity contribution in [1.29, 1.82) is 0 Å². The predicted octanol–water partition coefficient (Wildman–Crippen LogP) is 14.8. The van der Waals surface area contributed by atoms with Crippen molar-refractivity contribution in [1.82, 2.24) is 13.7 Å². The molecule has 3 heteroatoms. The molecular weight excluding hydrogens is 703 g/mol. The highest BCUT2D eigenvalue weighted by atomic mass is 15.0. The van der Waals surface area contributed by atoms with Gasteiger partial charge in [-0.05, 0) is 89.9 Å². The van der Waals surface area contributed by atoms with Crippen LogP contribution in [0.5, 0.6) is 0 Å². The Kier molecular flexibility index (Phi) is 7.87. The summed E-state index contributed by atoms with van der Waals surface area (Å²) in [6, 6.07) is 68.0. The molecule has 0 aliphatic heterocycles. The Morgan fingerprint density at radius 1 is 0.448 bits per heavy atom. The summed E-state index contributed by atoms with van der Waals surface area (Å²) in [6.07, 6.45) is 6.48. The van der Waals surface area contributed by atoms with Gasteiger partial charge in [-0.2, -0.15) is 0 Å². The van der Waals surface area contributed by atoms with E-state index in [1.54, 1.807) is 0 Å². The molecule has 0 fully saturated rings. The van der Waals surface area contributed by atoms with E-state index in [-0.39, 0.29) is 0 Å². The molecule has 58 heavy (non-hydrogen) atoms. The van der Waals surface area contributed by atoms with E-state index in [9.17, 15) is 0 Å². The van der Waals surface area contributed by atoms with Gasteiger partial charge >= 0.3 is 0 Å². The number of allylic oxidation sites excluding steroid dienone is 5. The number of hydrogen-bond acceptors (Lipinski definition) is 0. The number of benzene rings is 8. The van der Waals surface area contributed by atoms with Crippen molar-refractivity contribution in [2.75, 3.05) is 0 Å². The van der Waals surface area contributed by atoms with Crippen LogP contribution >= 0.6 is 0 Å². The van der Waals surface area contributed by atoms with Gasteiger partial charge in [0.05, 0.1) is 38.8 Å². The maximum atomic E-state index is 4.69. The first kappa shape index (κ1) is 33.7. The SMILES string of the molecule is C=C(/C=C(\C=C/C)c1ccc(-c2ccccc2)cc1)n1c2ccccc2c2cc(-n3c4ccccc4c4c(-n5c6ccccc6c6ccccc65)cccc43)ccc21. The summed E-state index contributed by atoms with van der Waals surface area (Å²) >= 11 is 0. The average molecular weight is 742 g/mol. The third-order valence-electron chi connectivity index (χ3n) is 11.7. The molecular formula is C55H39N3. The lowest BCUT2D eigenvalue weighted by molar-refractivity contribution is 1.17. The molecule has 3 heterocycles. The Hall–Kier alpha value is -7.62. The fraction of sp³-hybridized carbons (Fsp3) is 0.0182. The molecule has 274 valence electrons. The van der Waals surface area contributed by atoms with Crippen LogP contribution in [0.15, 0.2) is 213 Å². The third kappa shape index (κ3) is 5.21. The molecule has 0 bridgehead atoms. The standard InChI is InChI=1S/C55H39N3/c1-3-16-41(40-31-29-39(30-32-40)38-17-5-4-6-18-38)35-37(2)56-48-23-11-9-21-45(48)47-36-42(33-34-52(47)56)57-51-26-14-10-22-46(51)55-53(57)27-15-28-54(55)58-49-24-12-7-19-43(49)44-20-8-13-25-50(44)58/h3-36H,2H2,1H3/b16-3-,41-35+. The molecule has 8 aromatic carbocycles. The van der Waals surface area contributed by atoms with E-state index in [0.29, 0.717) is 0 Å². The van der Waals surface area contributed by atoms with E-state index in [1.165, 1.54) is 71.2 Å². The van der Waals surface area contributed by atoms with Crippen LogP contribution in [0.2, 0.25) is 0 Å². The van der Waals surface area contributed by atoms with Crippen molar-refractivity contribution >= 4 is 76.7 Å². The van der Waals surface area contributed by atoms with E-state index < -0.39 is 0 Å². The molecule has 3 nitrogen and oxygen atoms in total. The van der Waals surface area contributed by atoms with Crippen molar-refractivity contribution < 1.29 is 0 Å². The minimum atomic E-state index is 0.909. The van der Waals surface area contributed by atoms with Gasteiger partial charge in [0.1, 0.15) is 0 Å². The maximum Gasteiger partial charge on any atom is 0.0562 e. The summed E-state index contributed by atoms with van der Waals surface area (Å²) in [6.45, 7) is 6.75. The Labute approximate surface area is 336 Å². The first-order valence-electron chi connectivity index (χ1n) is 19.9. The van der Waals surface area contributed by atoms with Crippen LogP contribution < -0.4 is 0 Å². The van der Waals surface area contributed by atoms with Crippen LogP contribution in [0.25, 0.3) is 99.2 Å². The zero-order valence-electron chi connectivity index (χ0n) is 32.2. The summed E-state index contributed by atoms with van der Waals surface area (Å²) in [4.78, 5) is 0. The quantitative estimate of drug-likeness (QED) is 0.145. The van der Waals surface area contributed by atoms with Crippen LogP contribution in [-0.2, 0) is 0 Å². The van der Waals surface area contributed by atoms with E-state index in [0.717, 1.165) is 33.6 Å². The van der Waals surface area contributed by atoms with Gasteiger partial charge in [-0.25, -0.2) is 0 Å². The van der Waals surface area contributed by atoms with Crippen LogP contribution in [0, 0.1) is 0 Å². The van der Waals surface area contributed by atoms with Gasteiger partial charge in [0, 0.05) is 43.7 Å². The number of nitrogens with zero attached hydrogens (tertiary/aromatic N) is 3. The van der Waals surface area contributed by atoms with Crippen LogP contribution in [0.1, 0.15) is 12.5 Å². The highest BCUT2D eigenvalue weighted by molar-refractivity contribution is 6.17. The van der Waals surface area contributed by atoms with Gasteiger partial charge in [0.25, 0.3) is 0 Å². The van der Waals surface area contributed by atoms with Crippen molar-refractivity contribution in [2.24, 2.45) is 0 Å². The Morgan fingerprint density at radius 2 is 0.983 bits per heavy atom. The Bertz CT molecular complexity index is 3400. The molecule has 3 aromatic heterocycles. The minimum absolute atomic E-state index is 0.909. The molecule has 11 rings (SSSR count). The summed E-state index contributed by atoms with van der Waals surface area (Å²) in [5.74, 6) is 0. The average Bonchev–Trinajstić information content (AvgIpc) is 3.92. The van der Waals surface area contributed by atoms with Gasteiger partial charge in [0.15, 0.2) is 0 Å². The molecule has 0 N–H and O–H groups in total. The Balaban J connectivity index is 1.08. The van der Waals surface area contributed by atoms with Crippen molar-refractivity contribution in [2.45, 2.75) is 6.92 Å². The van der Waals surface area contributed by atoms with E-state index in [2.05, 4.69) is 233 Å². The van der Waals surface area contributed by atoms with Crippen molar-refractivity contribution in [3.8, 4) is 22.5 Å². The Morgan fingerprint density at radius 3 is 1.66 bits per heavy atom. The van der Waals surface area contributed by atoms with Gasteiger partial charge in [-0.3, -0.25) is 0 Å². The maximum absolute atomic E-state index is 4.69. The zero-order valence-corrected chi connectivity index (χ0v) is 32.2. The lowest BCUT2D eigenvalue weighted by Crippen LogP contribution is -1.97. The van der Waals surface area contributed by atoms with Gasteiger partial charge in [-0.15, -0.1) is 0 Å². The predicted molar refractivity (Wildman–Crippen MR) is 248 cm³/mol. The fourth-order valence-electron chi connectivity index (χ4n) is 9.19. The van der Waals surface area contributed by atoms with Crippen LogP contribution in [-0.4, -0.2) is 13.7 Å². The molecule has 0 saturated heterocycles.